The molecule has 2 N–H and O–H groups in total. The van der Waals surface area contributed by atoms with Gasteiger partial charge in [-0.2, -0.15) is 39.5 Å². The topological polar surface area (TPSA) is 323 Å². The van der Waals surface area contributed by atoms with Crippen molar-refractivity contribution in [1.82, 2.24) is 0 Å². The van der Waals surface area contributed by atoms with Gasteiger partial charge in [0.2, 0.25) is 0 Å². The summed E-state index contributed by atoms with van der Waals surface area (Å²) in [7, 11) is 0. The number of rotatable bonds is 27. The Morgan fingerprint density at radius 2 is 0.714 bits per heavy atom. The number of nitro groups is 3. The molecule has 0 aliphatic carbocycles. The minimum atomic E-state index is -1.81. The average molecular weight is 1780 g/mol. The Kier molecular flexibility index (Phi) is 40.2. The fraction of sp³-hybridized carbons (Fsp3) is 0.164. The Balaban J connectivity index is 0.000000307. The van der Waals surface area contributed by atoms with Gasteiger partial charge in [0.25, 0.3) is 23.1 Å². The zero-order valence-corrected chi connectivity index (χ0v) is 65.7. The van der Waals surface area contributed by atoms with E-state index in [2.05, 4.69) is 112 Å². The SMILES string of the molecule is C=C.CCN(CCO)c1ccc(N=Nc2ccc([N+](=O)[O-])cc2)cc1.CCN(CCOC(=O)c1ccc(C=C(F)F)cc1)c1ccc(N=Nc2ccc([N+](=O)[O-])cc2)cc1.CCN(CCOC(=O)c1ccc(I)cc1)c1ccc(N=Nc2ccc([N+](=O)[O-])cc2)cc1.O=C(O)c1ccc(I)cc1.[F][Zn][Br]. The molecule has 0 unspecified atom stereocenters. The van der Waals surface area contributed by atoms with Crippen molar-refractivity contribution < 1.29 is 76.6 Å². The van der Waals surface area contributed by atoms with Crippen LogP contribution >= 0.6 is 58.8 Å². The fourth-order valence-corrected chi connectivity index (χ4v) is 9.39. The number of azo groups is 3. The van der Waals surface area contributed by atoms with E-state index in [9.17, 15) is 56.8 Å². The first-order valence-corrected chi connectivity index (χ1v) is 41.8. The summed E-state index contributed by atoms with van der Waals surface area (Å²) in [6.07, 6.45) is -1.09. The van der Waals surface area contributed by atoms with E-state index in [1.807, 2.05) is 98.5 Å². The van der Waals surface area contributed by atoms with Crippen LogP contribution in [0.3, 0.4) is 0 Å². The zero-order chi connectivity index (χ0) is 77.1. The molecule has 0 atom stereocenters. The van der Waals surface area contributed by atoms with Gasteiger partial charge in [0.15, 0.2) is 0 Å². The van der Waals surface area contributed by atoms with E-state index in [-0.39, 0.29) is 48.4 Å². The number of likely N-dealkylation sites (N-methyl/N-ethyl adjacent to an activating group) is 3. The number of benzene rings is 9. The van der Waals surface area contributed by atoms with Gasteiger partial charge in [-0.3, -0.25) is 30.3 Å². The summed E-state index contributed by atoms with van der Waals surface area (Å²) in [4.78, 5) is 71.4. The number of nitro benzene ring substituents is 3. The molecule has 0 saturated heterocycles. The summed E-state index contributed by atoms with van der Waals surface area (Å²) in [5.74, 6) is -1.74. The van der Waals surface area contributed by atoms with Gasteiger partial charge in [-0.1, -0.05) is 12.1 Å². The summed E-state index contributed by atoms with van der Waals surface area (Å²) < 4.78 is 47.8. The molecule has 25 nitrogen and oxygen atoms in total. The number of nitrogens with zero attached hydrogens (tertiary/aromatic N) is 12. The Hall–Kier alpha value is -10.4. The Morgan fingerprint density at radius 1 is 0.467 bits per heavy atom. The van der Waals surface area contributed by atoms with Crippen LogP contribution in [0.4, 0.5) is 80.3 Å². The molecule has 0 saturated carbocycles. The van der Waals surface area contributed by atoms with Crippen LogP contribution in [0.25, 0.3) is 6.08 Å². The number of non-ortho nitro benzene ring substituents is 3. The van der Waals surface area contributed by atoms with Crippen LogP contribution in [0.2, 0.25) is 0 Å². The van der Waals surface area contributed by atoms with Crippen LogP contribution in [0, 0.1) is 37.5 Å². The van der Waals surface area contributed by atoms with Gasteiger partial charge < -0.3 is 34.4 Å². The van der Waals surface area contributed by atoms with Gasteiger partial charge >= 0.3 is 50.5 Å². The van der Waals surface area contributed by atoms with E-state index < -0.39 is 48.5 Å². The summed E-state index contributed by atoms with van der Waals surface area (Å²) in [6, 6.07) is 59.6. The van der Waals surface area contributed by atoms with Gasteiger partial charge in [-0.05, 0) is 241 Å². The van der Waals surface area contributed by atoms with E-state index in [0.717, 1.165) is 43.4 Å². The molecule has 0 aliphatic rings. The van der Waals surface area contributed by atoms with Crippen LogP contribution in [0.5, 0.6) is 0 Å². The molecule has 0 bridgehead atoms. The van der Waals surface area contributed by atoms with Gasteiger partial charge in [0.1, 0.15) is 13.2 Å². The molecule has 9 aromatic carbocycles. The Bertz CT molecular complexity index is 4300. The number of halogens is 6. The Labute approximate surface area is 645 Å². The first kappa shape index (κ1) is 87.0. The second-order valence-corrected chi connectivity index (χ2v) is 25.8. The van der Waals surface area contributed by atoms with Crippen molar-refractivity contribution in [3.63, 3.8) is 0 Å². The third-order valence-corrected chi connectivity index (χ3v) is 15.4. The van der Waals surface area contributed by atoms with Crippen molar-refractivity contribution in [2.24, 2.45) is 30.7 Å². The number of ether oxygens (including phenoxy) is 2. The molecule has 9 rings (SSSR count). The molecule has 0 radical (unpaired) electrons. The number of esters is 2. The van der Waals surface area contributed by atoms with Crippen molar-refractivity contribution in [3.8, 4) is 0 Å². The van der Waals surface area contributed by atoms with E-state index >= 15 is 0 Å². The second-order valence-electron chi connectivity index (χ2n) is 20.7. The summed E-state index contributed by atoms with van der Waals surface area (Å²) in [5, 5.41) is 74.2. The van der Waals surface area contributed by atoms with Gasteiger partial charge in [-0.15, -0.1) is 13.2 Å². The average Bonchev–Trinajstić information content (AvgIpc) is 0.879. The normalized spacial score (nSPS) is 10.3. The number of carboxylic acid groups (broad SMARTS) is 1. The molecule has 0 spiro atoms. The Morgan fingerprint density at radius 3 is 0.952 bits per heavy atom. The molecule has 9 aromatic rings. The first-order valence-electron chi connectivity index (χ1n) is 31.5. The molecule has 0 fully saturated rings. The number of carboxylic acids is 1. The van der Waals surface area contributed by atoms with Crippen molar-refractivity contribution >= 4 is 151 Å². The monoisotopic (exact) mass is 1780 g/mol. The zero-order valence-electron chi connectivity index (χ0n) is 56.9. The van der Waals surface area contributed by atoms with Crippen LogP contribution in [0.15, 0.2) is 268 Å². The molecule has 0 amide bonds. The van der Waals surface area contributed by atoms with Gasteiger partial charge in [-0.25, -0.2) is 14.4 Å². The number of carbonyl (C=O) groups is 3. The van der Waals surface area contributed by atoms with Crippen molar-refractivity contribution in [2.45, 2.75) is 20.8 Å². The van der Waals surface area contributed by atoms with E-state index in [1.54, 1.807) is 72.8 Å². The fourth-order valence-electron chi connectivity index (χ4n) is 8.67. The molecule has 32 heteroatoms. The van der Waals surface area contributed by atoms with Crippen molar-refractivity contribution in [3.05, 3.63) is 297 Å². The van der Waals surface area contributed by atoms with Crippen molar-refractivity contribution in [1.29, 1.82) is 0 Å². The summed E-state index contributed by atoms with van der Waals surface area (Å²) >= 11 is 5.42. The number of anilines is 3. The number of hydrogen-bond acceptors (Lipinski definition) is 21. The number of aromatic carboxylic acids is 1. The second kappa shape index (κ2) is 48.5. The van der Waals surface area contributed by atoms with Gasteiger partial charge in [0.05, 0.1) is 85.3 Å². The third kappa shape index (κ3) is 32.4. The van der Waals surface area contributed by atoms with Crippen LogP contribution < -0.4 is 14.7 Å². The maximum atomic E-state index is 12.3. The van der Waals surface area contributed by atoms with Crippen LogP contribution in [0.1, 0.15) is 57.4 Å². The molecule has 0 aliphatic heterocycles. The molecule has 105 heavy (non-hydrogen) atoms. The quantitative estimate of drug-likeness (QED) is 0.00919. The van der Waals surface area contributed by atoms with Crippen LogP contribution in [-0.2, 0) is 25.1 Å². The minimum absolute atomic E-state index is 0.0113. The maximum absolute atomic E-state index is 12.3. The molecular weight excluding hydrogens is 1710 g/mol. The number of aliphatic hydroxyl groups excluding tert-OH is 1. The standard InChI is InChI=1S/C25H22F2N4O4.C23H21IN4O4.C16H18N4O3.C7H5IO2.C2H4.BrH.FH.Zn/c1-2-30(15-16-35-25(32)19-5-3-18(4-6-19)17-24(26)27)22-11-7-20(8-12-22)28-29-21-9-13-23(14-10-21)31(33)34;1-2-27(15-16-32-23(29)17-3-5-18(24)6-4-17)21-11-7-19(8-12-21)25-26-20-9-13-22(14-10-20)28(30)31;1-2-19(11-12-21)15-7-3-13(4-8-15)17-18-14-5-9-16(10-6-14)20(22)23;8-6-3-1-5(2-4-6)7(9)10;1-2;;;/h3-14,17H,2,15-16H2,1H3;3-14H,2,15-16H2,1H3;3-10,21H,2,11-12H2,1H3;1-4H,(H,9,10);1-2H2;2*1H;/q;;;;;;;+2/p-2. The van der Waals surface area contributed by atoms with Gasteiger partial charge in [0, 0.05) is 92.9 Å². The summed E-state index contributed by atoms with van der Waals surface area (Å²) in [6.45, 7) is 16.4. The van der Waals surface area contributed by atoms with E-state index in [4.69, 9.17) is 19.7 Å². The summed E-state index contributed by atoms with van der Waals surface area (Å²) in [5.41, 5.74) is 7.91. The first-order chi connectivity index (χ1) is 50.6. The number of hydrogen-bond donors (Lipinski definition) is 2. The molecular formula is C73H70BrF3I2N12O13Zn. The van der Waals surface area contributed by atoms with E-state index in [0.29, 0.717) is 77.0 Å². The predicted octanol–water partition coefficient (Wildman–Crippen LogP) is 21.1. The number of aliphatic hydroxyl groups is 1. The molecule has 544 valence electrons. The van der Waals surface area contributed by atoms with Crippen molar-refractivity contribution in [2.75, 3.05) is 73.8 Å². The van der Waals surface area contributed by atoms with E-state index in [1.165, 1.54) is 72.8 Å². The third-order valence-electron chi connectivity index (χ3n) is 14.0. The number of carbonyl (C=O) groups excluding carboxylic acids is 2. The van der Waals surface area contributed by atoms with Crippen LogP contribution in [-0.4, -0.2) is 102 Å². The molecule has 0 aromatic heterocycles. The molecule has 0 heterocycles. The predicted molar refractivity (Wildman–Crippen MR) is 416 cm³/mol.